The molecule has 4 heteroatoms. The van der Waals surface area contributed by atoms with Crippen LogP contribution in [-0.4, -0.2) is 31.1 Å². The average molecular weight is 251 g/mol. The van der Waals surface area contributed by atoms with Gasteiger partial charge in [-0.2, -0.15) is 0 Å². The number of carbonyl (C=O) groups excluding carboxylic acids is 1. The molecule has 0 radical (unpaired) electrons. The summed E-state index contributed by atoms with van der Waals surface area (Å²) in [7, 11) is 0. The van der Waals surface area contributed by atoms with Crippen molar-refractivity contribution in [2.75, 3.05) is 13.1 Å². The Balaban J connectivity index is 1.59. The fraction of sp³-hybridized carbons (Fsp3) is 0.786. The summed E-state index contributed by atoms with van der Waals surface area (Å²) in [5.74, 6) is 0.139. The van der Waals surface area contributed by atoms with Crippen LogP contribution in [0.15, 0.2) is 11.6 Å². The third-order valence-electron chi connectivity index (χ3n) is 3.67. The van der Waals surface area contributed by atoms with E-state index in [9.17, 15) is 4.79 Å². The van der Waals surface area contributed by atoms with Gasteiger partial charge in [0.05, 0.1) is 0 Å². The molecule has 102 valence electrons. The molecule has 0 aromatic rings. The van der Waals surface area contributed by atoms with Crippen LogP contribution in [0.25, 0.3) is 0 Å². The van der Waals surface area contributed by atoms with Crippen LogP contribution in [0.3, 0.4) is 0 Å². The summed E-state index contributed by atoms with van der Waals surface area (Å²) in [5, 5.41) is 6.40. The minimum Gasteiger partial charge on any atom is -0.353 e. The van der Waals surface area contributed by atoms with Gasteiger partial charge in [-0.25, -0.2) is 0 Å². The van der Waals surface area contributed by atoms with Crippen molar-refractivity contribution in [1.82, 2.24) is 10.6 Å². The lowest BCUT2D eigenvalue weighted by molar-refractivity contribution is -0.121. The molecule has 0 spiro atoms. The summed E-state index contributed by atoms with van der Waals surface area (Å²) in [6.07, 6.45) is 10.0. The van der Waals surface area contributed by atoms with Crippen LogP contribution in [0, 0.1) is 0 Å². The van der Waals surface area contributed by atoms with E-state index in [4.69, 9.17) is 5.73 Å². The largest absolute Gasteiger partial charge is 0.353 e. The van der Waals surface area contributed by atoms with E-state index >= 15 is 0 Å². The number of allylic oxidation sites excluding steroid dienone is 1. The predicted molar refractivity (Wildman–Crippen MR) is 73.2 cm³/mol. The van der Waals surface area contributed by atoms with Crippen molar-refractivity contribution in [1.29, 1.82) is 0 Å². The van der Waals surface area contributed by atoms with Gasteiger partial charge in [-0.3, -0.25) is 4.79 Å². The van der Waals surface area contributed by atoms with Gasteiger partial charge >= 0.3 is 0 Å². The second-order valence-corrected chi connectivity index (χ2v) is 5.44. The Morgan fingerprint density at radius 1 is 1.50 bits per heavy atom. The van der Waals surface area contributed by atoms with Gasteiger partial charge in [-0.1, -0.05) is 11.6 Å². The zero-order valence-electron chi connectivity index (χ0n) is 11.1. The van der Waals surface area contributed by atoms with Gasteiger partial charge in [0.25, 0.3) is 0 Å². The number of rotatable bonds is 8. The number of nitrogens with one attached hydrogen (secondary N) is 2. The molecule has 2 aliphatic rings. The fourth-order valence-corrected chi connectivity index (χ4v) is 2.38. The van der Waals surface area contributed by atoms with E-state index in [1.54, 1.807) is 5.57 Å². The van der Waals surface area contributed by atoms with Gasteiger partial charge in [0.1, 0.15) is 0 Å². The summed E-state index contributed by atoms with van der Waals surface area (Å²) in [6.45, 7) is 1.46. The third-order valence-corrected chi connectivity index (χ3v) is 3.67. The molecular weight excluding hydrogens is 226 g/mol. The first-order valence-electron chi connectivity index (χ1n) is 7.18. The summed E-state index contributed by atoms with van der Waals surface area (Å²) < 4.78 is 0. The van der Waals surface area contributed by atoms with Crippen LogP contribution in [0.4, 0.5) is 0 Å². The van der Waals surface area contributed by atoms with Crippen molar-refractivity contribution in [3.8, 4) is 0 Å². The SMILES string of the molecule is NCC(CC(=O)NC1CC1)NCCC1=CCCC1. The van der Waals surface area contributed by atoms with Crippen LogP contribution in [0.5, 0.6) is 0 Å². The van der Waals surface area contributed by atoms with Crippen LogP contribution in [-0.2, 0) is 4.79 Å². The molecule has 0 aliphatic heterocycles. The Morgan fingerprint density at radius 2 is 2.33 bits per heavy atom. The second kappa shape index (κ2) is 6.90. The van der Waals surface area contributed by atoms with Crippen LogP contribution >= 0.6 is 0 Å². The highest BCUT2D eigenvalue weighted by Gasteiger charge is 2.24. The van der Waals surface area contributed by atoms with E-state index in [0.717, 1.165) is 25.8 Å². The molecular formula is C14H25N3O. The van der Waals surface area contributed by atoms with Gasteiger partial charge in [-0.05, 0) is 45.1 Å². The van der Waals surface area contributed by atoms with Crippen molar-refractivity contribution >= 4 is 5.91 Å². The van der Waals surface area contributed by atoms with Gasteiger partial charge in [-0.15, -0.1) is 0 Å². The van der Waals surface area contributed by atoms with E-state index < -0.39 is 0 Å². The van der Waals surface area contributed by atoms with Gasteiger partial charge in [0.15, 0.2) is 0 Å². The zero-order chi connectivity index (χ0) is 12.8. The quantitative estimate of drug-likeness (QED) is 0.565. The lowest BCUT2D eigenvalue weighted by Gasteiger charge is -2.16. The van der Waals surface area contributed by atoms with Gasteiger partial charge in [0.2, 0.25) is 5.91 Å². The Morgan fingerprint density at radius 3 is 2.94 bits per heavy atom. The normalized spacial score (nSPS) is 20.6. The van der Waals surface area contributed by atoms with E-state index in [-0.39, 0.29) is 11.9 Å². The number of hydrogen-bond acceptors (Lipinski definition) is 3. The Kier molecular flexibility index (Phi) is 5.20. The van der Waals surface area contributed by atoms with E-state index in [1.165, 1.54) is 19.3 Å². The first-order valence-corrected chi connectivity index (χ1v) is 7.18. The third kappa shape index (κ3) is 4.78. The van der Waals surface area contributed by atoms with Crippen molar-refractivity contribution in [2.45, 2.75) is 57.0 Å². The molecule has 0 bridgehead atoms. The maximum Gasteiger partial charge on any atom is 0.221 e. The molecule has 4 N–H and O–H groups in total. The van der Waals surface area contributed by atoms with Crippen molar-refractivity contribution in [2.24, 2.45) is 5.73 Å². The molecule has 0 saturated heterocycles. The Labute approximate surface area is 109 Å². The van der Waals surface area contributed by atoms with Crippen molar-refractivity contribution < 1.29 is 4.79 Å². The molecule has 2 rings (SSSR count). The van der Waals surface area contributed by atoms with Crippen molar-refractivity contribution in [3.63, 3.8) is 0 Å². The zero-order valence-corrected chi connectivity index (χ0v) is 11.1. The number of carbonyl (C=O) groups is 1. The molecule has 4 nitrogen and oxygen atoms in total. The number of amides is 1. The lowest BCUT2D eigenvalue weighted by Crippen LogP contribution is -2.41. The topological polar surface area (TPSA) is 67.2 Å². The number of nitrogens with two attached hydrogens (primary N) is 1. The molecule has 1 fully saturated rings. The average Bonchev–Trinajstić information content (AvgIpc) is 3.01. The molecule has 0 heterocycles. The maximum atomic E-state index is 11.7. The smallest absolute Gasteiger partial charge is 0.221 e. The van der Waals surface area contributed by atoms with Crippen molar-refractivity contribution in [3.05, 3.63) is 11.6 Å². The summed E-state index contributed by atoms with van der Waals surface area (Å²) in [5.41, 5.74) is 7.26. The minimum atomic E-state index is 0.116. The molecule has 18 heavy (non-hydrogen) atoms. The minimum absolute atomic E-state index is 0.116. The molecule has 0 aromatic carbocycles. The molecule has 1 atom stereocenters. The lowest BCUT2D eigenvalue weighted by atomic mass is 10.1. The second-order valence-electron chi connectivity index (χ2n) is 5.44. The predicted octanol–water partition coefficient (Wildman–Crippen LogP) is 1.07. The van der Waals surface area contributed by atoms with Crippen LogP contribution < -0.4 is 16.4 Å². The molecule has 1 amide bonds. The first kappa shape index (κ1) is 13.6. The highest BCUT2D eigenvalue weighted by molar-refractivity contribution is 5.77. The van der Waals surface area contributed by atoms with Gasteiger partial charge in [0, 0.05) is 25.0 Å². The number of hydrogen-bond donors (Lipinski definition) is 3. The molecule has 2 aliphatic carbocycles. The van der Waals surface area contributed by atoms with E-state index in [0.29, 0.717) is 19.0 Å². The Bertz CT molecular complexity index is 310. The fourth-order valence-electron chi connectivity index (χ4n) is 2.38. The highest BCUT2D eigenvalue weighted by atomic mass is 16.1. The molecule has 1 saturated carbocycles. The monoisotopic (exact) mass is 251 g/mol. The van der Waals surface area contributed by atoms with E-state index in [1.807, 2.05) is 0 Å². The van der Waals surface area contributed by atoms with E-state index in [2.05, 4.69) is 16.7 Å². The molecule has 1 unspecified atom stereocenters. The highest BCUT2D eigenvalue weighted by Crippen LogP contribution is 2.20. The standard InChI is InChI=1S/C14H25N3O/c15-10-13(9-14(18)17-12-5-6-12)16-8-7-11-3-1-2-4-11/h3,12-13,16H,1-2,4-10,15H2,(H,17,18). The first-order chi connectivity index (χ1) is 8.78. The Hall–Kier alpha value is -0.870. The van der Waals surface area contributed by atoms with Crippen LogP contribution in [0.2, 0.25) is 0 Å². The summed E-state index contributed by atoms with van der Waals surface area (Å²) in [4.78, 5) is 11.7. The molecule has 0 aromatic heterocycles. The van der Waals surface area contributed by atoms with Gasteiger partial charge < -0.3 is 16.4 Å². The summed E-state index contributed by atoms with van der Waals surface area (Å²) in [6, 6.07) is 0.560. The van der Waals surface area contributed by atoms with Crippen LogP contribution in [0.1, 0.15) is 44.9 Å². The summed E-state index contributed by atoms with van der Waals surface area (Å²) >= 11 is 0. The maximum absolute atomic E-state index is 11.7.